The molecule has 3 nitrogen and oxygen atoms in total. The van der Waals surface area contributed by atoms with Crippen LogP contribution in [0.15, 0.2) is 46.9 Å². The molecule has 3 aromatic rings. The summed E-state index contributed by atoms with van der Waals surface area (Å²) < 4.78 is 3.14. The molecule has 0 saturated heterocycles. The predicted molar refractivity (Wildman–Crippen MR) is 92.7 cm³/mol. The molecule has 0 bridgehead atoms. The molecule has 0 radical (unpaired) electrons. The fourth-order valence-corrected chi connectivity index (χ4v) is 3.02. The van der Waals surface area contributed by atoms with Gasteiger partial charge in [0.1, 0.15) is 5.82 Å². The summed E-state index contributed by atoms with van der Waals surface area (Å²) in [4.78, 5) is 6.75. The third-order valence-electron chi connectivity index (χ3n) is 3.41. The Bertz CT molecular complexity index is 795. The first kappa shape index (κ1) is 14.4. The number of anilines is 1. The number of nitrogens with zero attached hydrogens (tertiary/aromatic N) is 3. The molecule has 1 heterocycles. The van der Waals surface area contributed by atoms with Gasteiger partial charge in [-0.3, -0.25) is 4.57 Å². The Labute approximate surface area is 137 Å². The average molecular weight is 365 g/mol. The maximum Gasteiger partial charge on any atom is 0.129 e. The highest BCUT2D eigenvalue weighted by molar-refractivity contribution is 9.10. The van der Waals surface area contributed by atoms with Crippen LogP contribution in [0.3, 0.4) is 0 Å². The van der Waals surface area contributed by atoms with Gasteiger partial charge >= 0.3 is 0 Å². The van der Waals surface area contributed by atoms with Crippen molar-refractivity contribution in [2.75, 3.05) is 19.0 Å². The summed E-state index contributed by atoms with van der Waals surface area (Å²) in [6.45, 7) is 0. The molecule has 0 unspecified atom stereocenters. The lowest BCUT2D eigenvalue weighted by molar-refractivity contribution is 0.968. The van der Waals surface area contributed by atoms with Gasteiger partial charge in [0.2, 0.25) is 0 Å². The van der Waals surface area contributed by atoms with Crippen LogP contribution in [0.2, 0.25) is 0 Å². The molecule has 0 N–H and O–H groups in total. The van der Waals surface area contributed by atoms with Gasteiger partial charge in [0.15, 0.2) is 0 Å². The third-order valence-corrected chi connectivity index (χ3v) is 4.14. The molecule has 0 atom stereocenters. The highest BCUT2D eigenvalue weighted by Gasteiger charge is 2.15. The second-order valence-corrected chi connectivity index (χ2v) is 6.20. The Balaban J connectivity index is 2.34. The van der Waals surface area contributed by atoms with Crippen LogP contribution in [0.4, 0.5) is 5.69 Å². The Morgan fingerprint density at radius 1 is 1.19 bits per heavy atom. The number of imidazole rings is 1. The molecule has 0 aliphatic heterocycles. The highest BCUT2D eigenvalue weighted by atomic mass is 79.9. The molecular weight excluding hydrogens is 350 g/mol. The van der Waals surface area contributed by atoms with Crippen molar-refractivity contribution in [3.63, 3.8) is 0 Å². The SMILES string of the molecule is CN(C)c1ccccc1-n1c(CCl)nc2cc(Br)ccc21. The summed E-state index contributed by atoms with van der Waals surface area (Å²) in [5.41, 5.74) is 4.21. The number of benzene rings is 2. The molecule has 0 saturated carbocycles. The number of para-hydroxylation sites is 2. The smallest absolute Gasteiger partial charge is 0.129 e. The second kappa shape index (κ2) is 5.70. The van der Waals surface area contributed by atoms with E-state index in [2.05, 4.69) is 48.6 Å². The number of rotatable bonds is 3. The summed E-state index contributed by atoms with van der Waals surface area (Å²) in [7, 11) is 4.07. The molecule has 5 heteroatoms. The number of alkyl halides is 1. The van der Waals surface area contributed by atoms with Crippen molar-refractivity contribution in [3.05, 3.63) is 52.8 Å². The molecule has 0 aliphatic carbocycles. The molecule has 21 heavy (non-hydrogen) atoms. The van der Waals surface area contributed by atoms with E-state index in [0.29, 0.717) is 5.88 Å². The first-order valence-electron chi connectivity index (χ1n) is 6.61. The maximum absolute atomic E-state index is 6.12. The van der Waals surface area contributed by atoms with Crippen molar-refractivity contribution in [1.29, 1.82) is 0 Å². The van der Waals surface area contributed by atoms with Gasteiger partial charge < -0.3 is 4.90 Å². The van der Waals surface area contributed by atoms with Gasteiger partial charge in [-0.1, -0.05) is 28.1 Å². The monoisotopic (exact) mass is 363 g/mol. The van der Waals surface area contributed by atoms with Gasteiger partial charge in [-0.15, -0.1) is 11.6 Å². The van der Waals surface area contributed by atoms with Crippen LogP contribution in [0.5, 0.6) is 0 Å². The Morgan fingerprint density at radius 3 is 2.67 bits per heavy atom. The van der Waals surface area contributed by atoms with Crippen LogP contribution < -0.4 is 4.90 Å². The second-order valence-electron chi connectivity index (χ2n) is 5.01. The number of halogens is 2. The van der Waals surface area contributed by atoms with Crippen molar-refractivity contribution < 1.29 is 0 Å². The van der Waals surface area contributed by atoms with Gasteiger partial charge in [-0.2, -0.15) is 0 Å². The zero-order valence-corrected chi connectivity index (χ0v) is 14.2. The van der Waals surface area contributed by atoms with Gasteiger partial charge in [-0.25, -0.2) is 4.98 Å². The maximum atomic E-state index is 6.12. The number of hydrogen-bond acceptors (Lipinski definition) is 2. The number of fused-ring (bicyclic) bond motifs is 1. The minimum Gasteiger partial charge on any atom is -0.376 e. The van der Waals surface area contributed by atoms with Crippen LogP contribution in [0.25, 0.3) is 16.7 Å². The summed E-state index contributed by atoms with van der Waals surface area (Å²) >= 11 is 9.61. The van der Waals surface area contributed by atoms with Crippen LogP contribution in [-0.2, 0) is 5.88 Å². The van der Waals surface area contributed by atoms with Gasteiger partial charge in [0.05, 0.1) is 28.3 Å². The van der Waals surface area contributed by atoms with E-state index in [0.717, 1.165) is 32.7 Å². The fourth-order valence-electron chi connectivity index (χ4n) is 2.49. The van der Waals surface area contributed by atoms with E-state index >= 15 is 0 Å². The molecular formula is C16H15BrClN3. The van der Waals surface area contributed by atoms with Crippen LogP contribution in [0, 0.1) is 0 Å². The first-order chi connectivity index (χ1) is 10.1. The molecule has 0 fully saturated rings. The zero-order valence-electron chi connectivity index (χ0n) is 11.8. The Hall–Kier alpha value is -1.52. The van der Waals surface area contributed by atoms with Crippen molar-refractivity contribution in [2.24, 2.45) is 0 Å². The summed E-state index contributed by atoms with van der Waals surface area (Å²) in [5.74, 6) is 1.22. The summed E-state index contributed by atoms with van der Waals surface area (Å²) in [5, 5.41) is 0. The topological polar surface area (TPSA) is 21.1 Å². The minimum absolute atomic E-state index is 0.369. The van der Waals surface area contributed by atoms with Crippen LogP contribution in [-0.4, -0.2) is 23.6 Å². The lowest BCUT2D eigenvalue weighted by Crippen LogP contribution is -2.13. The lowest BCUT2D eigenvalue weighted by Gasteiger charge is -2.19. The molecule has 3 rings (SSSR count). The van der Waals surface area contributed by atoms with E-state index < -0.39 is 0 Å². The van der Waals surface area contributed by atoms with E-state index in [9.17, 15) is 0 Å². The van der Waals surface area contributed by atoms with E-state index in [4.69, 9.17) is 11.6 Å². The molecule has 0 amide bonds. The standard InChI is InChI=1S/C16H15BrClN3/c1-20(2)14-5-3-4-6-15(14)21-13-8-7-11(17)9-12(13)19-16(21)10-18/h3-9H,10H2,1-2H3. The quantitative estimate of drug-likeness (QED) is 0.634. The highest BCUT2D eigenvalue weighted by Crippen LogP contribution is 2.30. The van der Waals surface area contributed by atoms with Crippen molar-refractivity contribution in [2.45, 2.75) is 5.88 Å². The zero-order chi connectivity index (χ0) is 15.0. The molecule has 2 aromatic carbocycles. The van der Waals surface area contributed by atoms with Crippen LogP contribution >= 0.6 is 27.5 Å². The average Bonchev–Trinajstić information content (AvgIpc) is 2.84. The fraction of sp³-hybridized carbons (Fsp3) is 0.188. The molecule has 108 valence electrons. The Kier molecular flexibility index (Phi) is 3.91. The van der Waals surface area contributed by atoms with Crippen LogP contribution in [0.1, 0.15) is 5.82 Å². The van der Waals surface area contributed by atoms with E-state index in [-0.39, 0.29) is 0 Å². The predicted octanol–water partition coefficient (Wildman–Crippen LogP) is 4.59. The largest absolute Gasteiger partial charge is 0.376 e. The minimum atomic E-state index is 0.369. The van der Waals surface area contributed by atoms with Gasteiger partial charge in [0, 0.05) is 18.6 Å². The number of aromatic nitrogens is 2. The van der Waals surface area contributed by atoms with Crippen molar-refractivity contribution in [3.8, 4) is 5.69 Å². The third kappa shape index (κ3) is 2.54. The molecule has 0 aliphatic rings. The Morgan fingerprint density at radius 2 is 1.95 bits per heavy atom. The first-order valence-corrected chi connectivity index (χ1v) is 7.94. The normalized spacial score (nSPS) is 11.0. The van der Waals surface area contributed by atoms with E-state index in [1.165, 1.54) is 0 Å². The molecule has 0 spiro atoms. The number of hydrogen-bond donors (Lipinski definition) is 0. The molecule has 1 aromatic heterocycles. The van der Waals surface area contributed by atoms with E-state index in [1.54, 1.807) is 0 Å². The van der Waals surface area contributed by atoms with Crippen molar-refractivity contribution in [1.82, 2.24) is 9.55 Å². The summed E-state index contributed by atoms with van der Waals surface area (Å²) in [6.07, 6.45) is 0. The summed E-state index contributed by atoms with van der Waals surface area (Å²) in [6, 6.07) is 14.4. The van der Waals surface area contributed by atoms with E-state index in [1.807, 2.05) is 38.4 Å². The van der Waals surface area contributed by atoms with Crippen molar-refractivity contribution >= 4 is 44.3 Å². The lowest BCUT2D eigenvalue weighted by atomic mass is 10.2. The van der Waals surface area contributed by atoms with Gasteiger partial charge in [-0.05, 0) is 30.3 Å². The van der Waals surface area contributed by atoms with Gasteiger partial charge in [0.25, 0.3) is 0 Å².